The average molecular weight is 552 g/mol. The molecule has 4 rings (SSSR count). The van der Waals surface area contributed by atoms with Gasteiger partial charge in [-0.25, -0.2) is 0 Å². The average Bonchev–Trinajstić information content (AvgIpc) is 2.90. The maximum atomic E-state index is 13.2. The monoisotopic (exact) mass is 551 g/mol. The molecule has 0 aliphatic carbocycles. The molecule has 1 aliphatic heterocycles. The molecule has 0 saturated carbocycles. The number of aromatic nitrogens is 1. The number of alkyl halides is 6. The number of nitrogens with zero attached hydrogens (tertiary/aromatic N) is 1. The van der Waals surface area contributed by atoms with Crippen molar-refractivity contribution in [3.8, 4) is 0 Å². The lowest BCUT2D eigenvalue weighted by atomic mass is 9.66. The van der Waals surface area contributed by atoms with Gasteiger partial charge in [0.05, 0.1) is 23.8 Å². The molecular weight excluding hydrogens is 524 g/mol. The van der Waals surface area contributed by atoms with Gasteiger partial charge in [-0.05, 0) is 60.4 Å². The van der Waals surface area contributed by atoms with Crippen molar-refractivity contribution in [3.63, 3.8) is 0 Å². The van der Waals surface area contributed by atoms with Gasteiger partial charge < -0.3 is 10.1 Å². The van der Waals surface area contributed by atoms with Crippen molar-refractivity contribution < 1.29 is 35.9 Å². The van der Waals surface area contributed by atoms with Crippen LogP contribution in [0.15, 0.2) is 73.1 Å². The predicted molar refractivity (Wildman–Crippen MR) is 131 cm³/mol. The largest absolute Gasteiger partial charge is 0.416 e. The first-order valence-corrected chi connectivity index (χ1v) is 12.2. The highest BCUT2D eigenvalue weighted by atomic mass is 19.4. The Hall–Kier alpha value is -3.44. The Morgan fingerprint density at radius 2 is 1.56 bits per heavy atom. The van der Waals surface area contributed by atoms with Gasteiger partial charge in [0.15, 0.2) is 0 Å². The summed E-state index contributed by atoms with van der Waals surface area (Å²) < 4.78 is 84.5. The van der Waals surface area contributed by atoms with Gasteiger partial charge >= 0.3 is 12.4 Å². The van der Waals surface area contributed by atoms with Crippen LogP contribution in [0.3, 0.4) is 0 Å². The zero-order valence-corrected chi connectivity index (χ0v) is 20.9. The highest BCUT2D eigenvalue weighted by molar-refractivity contribution is 5.84. The van der Waals surface area contributed by atoms with Crippen LogP contribution >= 0.6 is 0 Å². The van der Waals surface area contributed by atoms with Crippen LogP contribution in [0.4, 0.5) is 26.3 Å². The van der Waals surface area contributed by atoms with Gasteiger partial charge in [-0.2, -0.15) is 26.3 Å². The highest BCUT2D eigenvalue weighted by Gasteiger charge is 2.53. The summed E-state index contributed by atoms with van der Waals surface area (Å²) in [5.41, 5.74) is -1.77. The molecule has 1 saturated heterocycles. The predicted octanol–water partition coefficient (Wildman–Crippen LogP) is 5.85. The van der Waals surface area contributed by atoms with Crippen molar-refractivity contribution in [1.82, 2.24) is 15.6 Å². The Balaban J connectivity index is 1.43. The molecule has 1 amide bonds. The lowest BCUT2D eigenvalue weighted by Gasteiger charge is -2.54. The molecule has 3 unspecified atom stereocenters. The molecule has 11 heteroatoms. The van der Waals surface area contributed by atoms with Gasteiger partial charge in [-0.1, -0.05) is 30.3 Å². The number of hydrogen-bond donors (Lipinski definition) is 2. The highest BCUT2D eigenvalue weighted by Crippen LogP contribution is 2.43. The van der Waals surface area contributed by atoms with Crippen LogP contribution in [0, 0.1) is 5.92 Å². The zero-order valence-electron chi connectivity index (χ0n) is 20.9. The number of hydrogen-bond acceptors (Lipinski definition) is 4. The molecule has 2 aromatic carbocycles. The molecule has 0 spiro atoms. The number of nitrogens with one attached hydrogen (secondary N) is 2. The Labute approximate surface area is 221 Å². The second-order valence-corrected chi connectivity index (χ2v) is 9.63. The Bertz CT molecular complexity index is 1240. The van der Waals surface area contributed by atoms with E-state index in [1.54, 1.807) is 24.5 Å². The summed E-state index contributed by atoms with van der Waals surface area (Å²) in [4.78, 5) is 16.9. The van der Waals surface area contributed by atoms with E-state index in [1.807, 2.05) is 37.3 Å². The van der Waals surface area contributed by atoms with E-state index in [-0.39, 0.29) is 30.1 Å². The molecule has 1 aliphatic rings. The van der Waals surface area contributed by atoms with Gasteiger partial charge in [0, 0.05) is 37.0 Å². The van der Waals surface area contributed by atoms with Gasteiger partial charge in [-0.3, -0.25) is 15.1 Å². The summed E-state index contributed by atoms with van der Waals surface area (Å²) in [6.07, 6.45) is -6.27. The number of carbonyl (C=O) groups excluding carboxylic acids is 1. The summed E-state index contributed by atoms with van der Waals surface area (Å²) in [6, 6.07) is 13.9. The first-order chi connectivity index (χ1) is 18.4. The number of carbonyl (C=O) groups is 1. The van der Waals surface area contributed by atoms with Gasteiger partial charge in [0.2, 0.25) is 5.91 Å². The Kier molecular flexibility index (Phi) is 8.31. The maximum absolute atomic E-state index is 13.2. The van der Waals surface area contributed by atoms with Crippen LogP contribution in [0.1, 0.15) is 41.2 Å². The van der Waals surface area contributed by atoms with Crippen LogP contribution in [-0.4, -0.2) is 23.5 Å². The molecule has 0 radical (unpaired) electrons. The normalized spacial score (nSPS) is 21.3. The fourth-order valence-electron chi connectivity index (χ4n) is 4.86. The Morgan fingerprint density at radius 3 is 2.15 bits per heavy atom. The van der Waals surface area contributed by atoms with E-state index in [0.717, 1.165) is 11.1 Å². The number of pyridine rings is 1. The SMILES string of the molecule is CC1(c2ccccc2)NC(C(=O)NCc2ccncc2)C1CCOCc1cc(C(F)(F)F)cc(C(F)(F)F)c1. The Morgan fingerprint density at radius 1 is 0.949 bits per heavy atom. The number of benzene rings is 2. The van der Waals surface area contributed by atoms with Crippen LogP contribution in [0.5, 0.6) is 0 Å². The minimum atomic E-state index is -4.93. The fourth-order valence-corrected chi connectivity index (χ4v) is 4.86. The second-order valence-electron chi connectivity index (χ2n) is 9.63. The molecule has 1 aromatic heterocycles. The van der Waals surface area contributed by atoms with Crippen LogP contribution < -0.4 is 10.6 Å². The molecule has 39 heavy (non-hydrogen) atoms. The van der Waals surface area contributed by atoms with Crippen LogP contribution in [0.2, 0.25) is 0 Å². The minimum absolute atomic E-state index is 0.0283. The van der Waals surface area contributed by atoms with Crippen LogP contribution in [-0.2, 0) is 40.6 Å². The summed E-state index contributed by atoms with van der Waals surface area (Å²) in [5, 5.41) is 6.23. The van der Waals surface area contributed by atoms with E-state index in [2.05, 4.69) is 15.6 Å². The van der Waals surface area contributed by atoms with E-state index in [1.165, 1.54) is 0 Å². The minimum Gasteiger partial charge on any atom is -0.377 e. The van der Waals surface area contributed by atoms with Crippen molar-refractivity contribution in [2.45, 2.75) is 50.4 Å². The number of ether oxygens (including phenoxy) is 1. The summed E-state index contributed by atoms with van der Waals surface area (Å²) in [6.45, 7) is 1.85. The molecule has 0 bridgehead atoms. The quantitative estimate of drug-likeness (QED) is 0.259. The molecule has 3 aromatic rings. The molecule has 1 fully saturated rings. The molecule has 5 nitrogen and oxygen atoms in total. The third kappa shape index (κ3) is 6.77. The lowest BCUT2D eigenvalue weighted by Crippen LogP contribution is -2.72. The first kappa shape index (κ1) is 28.6. The first-order valence-electron chi connectivity index (χ1n) is 12.2. The van der Waals surface area contributed by atoms with Crippen molar-refractivity contribution >= 4 is 5.91 Å². The van der Waals surface area contributed by atoms with E-state index in [0.29, 0.717) is 25.1 Å². The lowest BCUT2D eigenvalue weighted by molar-refractivity contribution is -0.143. The van der Waals surface area contributed by atoms with Crippen LogP contribution in [0.25, 0.3) is 0 Å². The van der Waals surface area contributed by atoms with Gasteiger partial charge in [0.25, 0.3) is 0 Å². The molecule has 2 N–H and O–H groups in total. The number of amides is 1. The fraction of sp³-hybridized carbons (Fsp3) is 0.357. The summed E-state index contributed by atoms with van der Waals surface area (Å²) in [5.74, 6) is -0.470. The third-order valence-corrected chi connectivity index (χ3v) is 6.96. The third-order valence-electron chi connectivity index (χ3n) is 6.96. The zero-order chi connectivity index (χ0) is 28.3. The van der Waals surface area contributed by atoms with Crippen molar-refractivity contribution in [2.24, 2.45) is 5.92 Å². The molecule has 3 atom stereocenters. The van der Waals surface area contributed by atoms with Crippen molar-refractivity contribution in [1.29, 1.82) is 0 Å². The topological polar surface area (TPSA) is 63.2 Å². The van der Waals surface area contributed by atoms with Crippen molar-refractivity contribution in [2.75, 3.05) is 6.61 Å². The van der Waals surface area contributed by atoms with Gasteiger partial charge in [-0.15, -0.1) is 0 Å². The smallest absolute Gasteiger partial charge is 0.377 e. The van der Waals surface area contributed by atoms with E-state index in [9.17, 15) is 31.1 Å². The number of halogens is 6. The summed E-state index contributed by atoms with van der Waals surface area (Å²) in [7, 11) is 0. The maximum Gasteiger partial charge on any atom is 0.416 e. The molecule has 208 valence electrons. The van der Waals surface area contributed by atoms with Crippen molar-refractivity contribution in [3.05, 3.63) is 101 Å². The van der Waals surface area contributed by atoms with E-state index < -0.39 is 41.7 Å². The standard InChI is InChI=1S/C28H27F6N3O2/c1-26(20-5-3-2-4-6-20)23(24(37-26)25(38)36-16-18-7-10-35-11-8-18)9-12-39-17-19-13-21(27(29,30)31)15-22(14-19)28(32,33)34/h2-8,10-11,13-15,23-24,37H,9,12,16-17H2,1H3,(H,36,38). The summed E-state index contributed by atoms with van der Waals surface area (Å²) >= 11 is 0. The van der Waals surface area contributed by atoms with Gasteiger partial charge in [0.1, 0.15) is 0 Å². The van der Waals surface area contributed by atoms with E-state index in [4.69, 9.17) is 4.74 Å². The van der Waals surface area contributed by atoms with E-state index >= 15 is 0 Å². The second kappa shape index (κ2) is 11.4. The number of rotatable bonds is 9. The molecule has 2 heterocycles. The molecular formula is C28H27F6N3O2.